The van der Waals surface area contributed by atoms with E-state index in [1.807, 2.05) is 13.8 Å². The molecule has 0 spiro atoms. The number of amides is 1. The van der Waals surface area contributed by atoms with Gasteiger partial charge in [-0.05, 0) is 31.6 Å². The zero-order chi connectivity index (χ0) is 19.0. The summed E-state index contributed by atoms with van der Waals surface area (Å²) in [4.78, 5) is 21.4. The van der Waals surface area contributed by atoms with Gasteiger partial charge in [-0.15, -0.1) is 0 Å². The molecule has 0 bridgehead atoms. The minimum absolute atomic E-state index is 0.0806. The number of nitrogens with zero attached hydrogens (tertiary/aromatic N) is 3. The van der Waals surface area contributed by atoms with Crippen molar-refractivity contribution in [1.29, 1.82) is 0 Å². The highest BCUT2D eigenvalue weighted by Gasteiger charge is 2.31. The number of rotatable bonds is 8. The monoisotopic (exact) mass is 372 g/mol. The third kappa shape index (κ3) is 4.10. The summed E-state index contributed by atoms with van der Waals surface area (Å²) < 4.78 is 11.0. The molecule has 2 aliphatic carbocycles. The molecule has 0 unspecified atom stereocenters. The van der Waals surface area contributed by atoms with Crippen molar-refractivity contribution >= 4 is 11.8 Å². The molecule has 2 aromatic heterocycles. The lowest BCUT2D eigenvalue weighted by atomic mass is 9.91. The second-order valence-corrected chi connectivity index (χ2v) is 8.05. The van der Waals surface area contributed by atoms with Crippen molar-refractivity contribution in [1.82, 2.24) is 15.1 Å². The highest BCUT2D eigenvalue weighted by Crippen LogP contribution is 2.43. The van der Waals surface area contributed by atoms with E-state index in [1.54, 1.807) is 6.07 Å². The number of aliphatic hydroxyl groups is 1. The summed E-state index contributed by atoms with van der Waals surface area (Å²) in [6.45, 7) is 4.22. The van der Waals surface area contributed by atoms with Crippen molar-refractivity contribution in [2.45, 2.75) is 50.9 Å². The van der Waals surface area contributed by atoms with Crippen LogP contribution in [0.4, 0.5) is 5.88 Å². The summed E-state index contributed by atoms with van der Waals surface area (Å²) in [5, 5.41) is 16.0. The molecule has 8 heteroatoms. The maximum atomic E-state index is 12.5. The van der Waals surface area contributed by atoms with Crippen molar-refractivity contribution in [3.63, 3.8) is 0 Å². The predicted molar refractivity (Wildman–Crippen MR) is 96.8 cm³/mol. The molecule has 0 saturated heterocycles. The lowest BCUT2D eigenvalue weighted by molar-refractivity contribution is 0.101. The van der Waals surface area contributed by atoms with Crippen molar-refractivity contribution < 1.29 is 19.2 Å². The van der Waals surface area contributed by atoms with Crippen LogP contribution in [0.1, 0.15) is 67.3 Å². The standard InChI is InChI=1S/C19H24N4O4/c1-19(2,10-24)14-7-15(27-23-14)22-17(25)13-8-20-16(12-5-6-12)18(21-13)26-9-11-3-4-11/h7-8,11-12,24H,3-6,9-10H2,1-2H3,(H,22,25). The molecule has 2 aliphatic rings. The van der Waals surface area contributed by atoms with Gasteiger partial charge < -0.3 is 14.4 Å². The largest absolute Gasteiger partial charge is 0.476 e. The Morgan fingerprint density at radius 1 is 1.37 bits per heavy atom. The molecule has 2 N–H and O–H groups in total. The van der Waals surface area contributed by atoms with E-state index in [4.69, 9.17) is 9.26 Å². The first-order valence-corrected chi connectivity index (χ1v) is 9.35. The maximum Gasteiger partial charge on any atom is 0.278 e. The van der Waals surface area contributed by atoms with Gasteiger partial charge >= 0.3 is 0 Å². The van der Waals surface area contributed by atoms with Crippen LogP contribution in [-0.2, 0) is 5.41 Å². The third-order valence-electron chi connectivity index (χ3n) is 4.95. The Hall–Kier alpha value is -2.48. The van der Waals surface area contributed by atoms with Crippen molar-refractivity contribution in [2.75, 3.05) is 18.5 Å². The molecule has 27 heavy (non-hydrogen) atoms. The molecule has 0 aromatic carbocycles. The minimum atomic E-state index is -0.554. The first-order chi connectivity index (χ1) is 13.0. The lowest BCUT2D eigenvalue weighted by Gasteiger charge is -2.16. The second kappa shape index (κ2) is 6.92. The van der Waals surface area contributed by atoms with E-state index >= 15 is 0 Å². The summed E-state index contributed by atoms with van der Waals surface area (Å²) in [6, 6.07) is 1.60. The van der Waals surface area contributed by atoms with Crippen LogP contribution in [-0.4, -0.2) is 39.4 Å². The minimum Gasteiger partial charge on any atom is -0.476 e. The fourth-order valence-corrected chi connectivity index (χ4v) is 2.63. The van der Waals surface area contributed by atoms with Gasteiger partial charge in [0.25, 0.3) is 5.91 Å². The summed E-state index contributed by atoms with van der Waals surface area (Å²) >= 11 is 0. The smallest absolute Gasteiger partial charge is 0.278 e. The molecule has 144 valence electrons. The molecule has 8 nitrogen and oxygen atoms in total. The number of aromatic nitrogens is 3. The zero-order valence-corrected chi connectivity index (χ0v) is 15.6. The molecule has 2 fully saturated rings. The summed E-state index contributed by atoms with van der Waals surface area (Å²) in [7, 11) is 0. The van der Waals surface area contributed by atoms with E-state index < -0.39 is 11.3 Å². The molecule has 0 atom stereocenters. The Morgan fingerprint density at radius 2 is 2.15 bits per heavy atom. The topological polar surface area (TPSA) is 110 Å². The van der Waals surface area contributed by atoms with E-state index in [-0.39, 0.29) is 18.2 Å². The fourth-order valence-electron chi connectivity index (χ4n) is 2.63. The van der Waals surface area contributed by atoms with Gasteiger partial charge in [0.15, 0.2) is 5.69 Å². The van der Waals surface area contributed by atoms with Gasteiger partial charge in [0.1, 0.15) is 5.69 Å². The Labute approximate surface area is 157 Å². The quantitative estimate of drug-likeness (QED) is 0.733. The van der Waals surface area contributed by atoms with Crippen LogP contribution in [0.2, 0.25) is 0 Å². The van der Waals surface area contributed by atoms with Gasteiger partial charge in [0.2, 0.25) is 11.8 Å². The van der Waals surface area contributed by atoms with E-state index in [1.165, 1.54) is 19.0 Å². The molecule has 0 aliphatic heterocycles. The highest BCUT2D eigenvalue weighted by molar-refractivity contribution is 6.02. The molecule has 1 amide bonds. The first-order valence-electron chi connectivity index (χ1n) is 9.35. The number of carbonyl (C=O) groups is 1. The number of carbonyl (C=O) groups excluding carboxylic acids is 1. The van der Waals surface area contributed by atoms with Crippen LogP contribution in [0.5, 0.6) is 5.88 Å². The molecule has 4 rings (SSSR count). The Balaban J connectivity index is 1.48. The number of ether oxygens (including phenoxy) is 1. The maximum absolute atomic E-state index is 12.5. The fraction of sp³-hybridized carbons (Fsp3) is 0.579. The van der Waals surface area contributed by atoms with Crippen LogP contribution >= 0.6 is 0 Å². The van der Waals surface area contributed by atoms with Crippen molar-refractivity contribution in [3.05, 3.63) is 29.3 Å². The molecular weight excluding hydrogens is 348 g/mol. The summed E-state index contributed by atoms with van der Waals surface area (Å²) in [5.74, 6) is 1.22. The van der Waals surface area contributed by atoms with Crippen LogP contribution in [0.15, 0.2) is 16.8 Å². The van der Waals surface area contributed by atoms with Crippen LogP contribution in [0.25, 0.3) is 0 Å². The van der Waals surface area contributed by atoms with Crippen molar-refractivity contribution in [2.24, 2.45) is 5.92 Å². The van der Waals surface area contributed by atoms with Crippen molar-refractivity contribution in [3.8, 4) is 5.88 Å². The van der Waals surface area contributed by atoms with E-state index in [9.17, 15) is 9.90 Å². The average molecular weight is 372 g/mol. The number of hydrogen-bond acceptors (Lipinski definition) is 7. The Kier molecular flexibility index (Phi) is 4.59. The van der Waals surface area contributed by atoms with Gasteiger partial charge in [-0.3, -0.25) is 15.1 Å². The SMILES string of the molecule is CC(C)(CO)c1cc(NC(=O)c2cnc(C3CC3)c(OCC3CC3)n2)on1. The average Bonchev–Trinajstić information content (AvgIpc) is 3.59. The van der Waals surface area contributed by atoms with Crippen LogP contribution in [0, 0.1) is 5.92 Å². The predicted octanol–water partition coefficient (Wildman–Crippen LogP) is 2.65. The highest BCUT2D eigenvalue weighted by atomic mass is 16.5. The summed E-state index contributed by atoms with van der Waals surface area (Å²) in [6.07, 6.45) is 6.01. The van der Waals surface area contributed by atoms with Crippen LogP contribution in [0.3, 0.4) is 0 Å². The van der Waals surface area contributed by atoms with Gasteiger partial charge in [-0.1, -0.05) is 19.0 Å². The van der Waals surface area contributed by atoms with E-state index in [2.05, 4.69) is 20.4 Å². The number of nitrogens with one attached hydrogen (secondary N) is 1. The van der Waals surface area contributed by atoms with E-state index in [0.29, 0.717) is 30.0 Å². The normalized spacial score (nSPS) is 17.0. The number of aliphatic hydroxyl groups excluding tert-OH is 1. The molecule has 2 aromatic rings. The van der Waals surface area contributed by atoms with Gasteiger partial charge in [-0.25, -0.2) is 4.98 Å². The number of anilines is 1. The van der Waals surface area contributed by atoms with E-state index in [0.717, 1.165) is 18.5 Å². The summed E-state index contributed by atoms with van der Waals surface area (Å²) in [5.41, 5.74) is 1.02. The Bertz CT molecular complexity index is 840. The molecular formula is C19H24N4O4. The zero-order valence-electron chi connectivity index (χ0n) is 15.6. The molecule has 2 heterocycles. The number of hydrogen-bond donors (Lipinski definition) is 2. The molecule has 2 saturated carbocycles. The van der Waals surface area contributed by atoms with Crippen LogP contribution < -0.4 is 10.1 Å². The third-order valence-corrected chi connectivity index (χ3v) is 4.95. The van der Waals surface area contributed by atoms with Gasteiger partial charge in [-0.2, -0.15) is 0 Å². The van der Waals surface area contributed by atoms with Gasteiger partial charge in [0.05, 0.1) is 25.1 Å². The van der Waals surface area contributed by atoms with Gasteiger partial charge in [0, 0.05) is 17.4 Å². The second-order valence-electron chi connectivity index (χ2n) is 8.05. The first kappa shape index (κ1) is 17.9. The Morgan fingerprint density at radius 3 is 2.81 bits per heavy atom. The lowest BCUT2D eigenvalue weighted by Crippen LogP contribution is -2.22. The molecule has 0 radical (unpaired) electrons.